The van der Waals surface area contributed by atoms with Crippen LogP contribution in [0.1, 0.15) is 43.4 Å². The maximum Gasteiger partial charge on any atom is 0.411 e. The molecule has 1 amide bonds. The minimum absolute atomic E-state index is 0.194. The standard InChI is InChI=1S/C28H31FN2O4S/c1-21(22-9-11-23(12-10-22)24-13-15-26(29)16-14-24)31-20-18-28(35-27(31)32,25-7-4-3-5-8-25)17-6-19-30-36(2,33)34/h3-5,7-16,21,30H,6,17-20H2,1-2H3/t21-,28-/m0/s1. The number of amides is 1. The van der Waals surface area contributed by atoms with Gasteiger partial charge in [-0.05, 0) is 54.2 Å². The summed E-state index contributed by atoms with van der Waals surface area (Å²) in [6.45, 7) is 2.76. The fraction of sp³-hybridized carbons (Fsp3) is 0.321. The highest BCUT2D eigenvalue weighted by Crippen LogP contribution is 2.40. The summed E-state index contributed by atoms with van der Waals surface area (Å²) in [5.74, 6) is -0.272. The topological polar surface area (TPSA) is 75.7 Å². The number of rotatable bonds is 9. The van der Waals surface area contributed by atoms with Gasteiger partial charge in [-0.1, -0.05) is 66.7 Å². The number of hydrogen-bond acceptors (Lipinski definition) is 4. The van der Waals surface area contributed by atoms with E-state index in [1.807, 2.05) is 61.5 Å². The van der Waals surface area contributed by atoms with Crippen molar-refractivity contribution in [2.24, 2.45) is 0 Å². The lowest BCUT2D eigenvalue weighted by Gasteiger charge is -2.43. The fourth-order valence-corrected chi connectivity index (χ4v) is 5.21. The molecule has 8 heteroatoms. The number of benzene rings is 3. The van der Waals surface area contributed by atoms with Crippen molar-refractivity contribution in [3.05, 3.63) is 95.8 Å². The Morgan fingerprint density at radius 2 is 1.61 bits per heavy atom. The van der Waals surface area contributed by atoms with Crippen LogP contribution in [0.5, 0.6) is 0 Å². The predicted molar refractivity (Wildman–Crippen MR) is 138 cm³/mol. The van der Waals surface area contributed by atoms with Gasteiger partial charge in [0, 0.05) is 19.5 Å². The smallest absolute Gasteiger partial charge is 0.411 e. The second-order valence-corrected chi connectivity index (χ2v) is 11.1. The van der Waals surface area contributed by atoms with E-state index in [-0.39, 0.29) is 18.4 Å². The first kappa shape index (κ1) is 25.9. The zero-order valence-electron chi connectivity index (χ0n) is 20.5. The van der Waals surface area contributed by atoms with Crippen LogP contribution in [-0.2, 0) is 20.4 Å². The first-order valence-corrected chi connectivity index (χ1v) is 13.9. The summed E-state index contributed by atoms with van der Waals surface area (Å²) in [4.78, 5) is 15.0. The molecule has 2 atom stereocenters. The highest BCUT2D eigenvalue weighted by Gasteiger charge is 2.43. The Morgan fingerprint density at radius 3 is 2.19 bits per heavy atom. The van der Waals surface area contributed by atoms with E-state index in [0.717, 1.165) is 28.5 Å². The van der Waals surface area contributed by atoms with E-state index in [9.17, 15) is 17.6 Å². The van der Waals surface area contributed by atoms with Gasteiger partial charge >= 0.3 is 6.09 Å². The second kappa shape index (κ2) is 10.8. The molecule has 0 aliphatic carbocycles. The summed E-state index contributed by atoms with van der Waals surface area (Å²) in [7, 11) is -3.28. The minimum Gasteiger partial charge on any atom is -0.438 e. The molecule has 36 heavy (non-hydrogen) atoms. The lowest BCUT2D eigenvalue weighted by atomic mass is 9.84. The number of sulfonamides is 1. The molecule has 0 saturated carbocycles. The Morgan fingerprint density at radius 1 is 1.00 bits per heavy atom. The Balaban J connectivity index is 1.47. The summed E-state index contributed by atoms with van der Waals surface area (Å²) < 4.78 is 44.7. The molecule has 1 saturated heterocycles. The van der Waals surface area contributed by atoms with Gasteiger partial charge in [0.2, 0.25) is 10.0 Å². The van der Waals surface area contributed by atoms with Gasteiger partial charge in [0.15, 0.2) is 0 Å². The Bertz CT molecular complexity index is 1280. The van der Waals surface area contributed by atoms with Crippen LogP contribution in [0.2, 0.25) is 0 Å². The Kier molecular flexibility index (Phi) is 7.76. The molecule has 0 unspecified atom stereocenters. The summed E-state index contributed by atoms with van der Waals surface area (Å²) >= 11 is 0. The van der Waals surface area contributed by atoms with Gasteiger partial charge < -0.3 is 9.64 Å². The van der Waals surface area contributed by atoms with Gasteiger partial charge in [0.1, 0.15) is 11.4 Å². The number of nitrogens with zero attached hydrogens (tertiary/aromatic N) is 1. The second-order valence-electron chi connectivity index (χ2n) is 9.25. The van der Waals surface area contributed by atoms with Crippen molar-refractivity contribution in [3.8, 4) is 11.1 Å². The van der Waals surface area contributed by atoms with Crippen LogP contribution < -0.4 is 4.72 Å². The maximum atomic E-state index is 13.3. The third-order valence-electron chi connectivity index (χ3n) is 6.73. The molecule has 3 aromatic rings. The number of halogens is 1. The van der Waals surface area contributed by atoms with E-state index in [1.54, 1.807) is 17.0 Å². The monoisotopic (exact) mass is 510 g/mol. The van der Waals surface area contributed by atoms with Crippen molar-refractivity contribution in [3.63, 3.8) is 0 Å². The van der Waals surface area contributed by atoms with Crippen LogP contribution in [0.3, 0.4) is 0 Å². The lowest BCUT2D eigenvalue weighted by molar-refractivity contribution is -0.0662. The van der Waals surface area contributed by atoms with Crippen LogP contribution in [0, 0.1) is 5.82 Å². The molecule has 0 radical (unpaired) electrons. The van der Waals surface area contributed by atoms with Crippen LogP contribution >= 0.6 is 0 Å². The molecule has 1 N–H and O–H groups in total. The summed E-state index contributed by atoms with van der Waals surface area (Å²) in [6.07, 6.45) is 2.39. The molecular weight excluding hydrogens is 479 g/mol. The molecule has 1 heterocycles. The van der Waals surface area contributed by atoms with Gasteiger partial charge in [-0.3, -0.25) is 0 Å². The third-order valence-corrected chi connectivity index (χ3v) is 7.46. The molecule has 1 aliphatic heterocycles. The van der Waals surface area contributed by atoms with Crippen molar-refractivity contribution in [1.82, 2.24) is 9.62 Å². The molecule has 190 valence electrons. The normalized spacial score (nSPS) is 19.1. The molecule has 0 spiro atoms. The van der Waals surface area contributed by atoms with E-state index >= 15 is 0 Å². The predicted octanol–water partition coefficient (Wildman–Crippen LogP) is 5.62. The Labute approximate surface area is 212 Å². The van der Waals surface area contributed by atoms with Crippen molar-refractivity contribution in [2.75, 3.05) is 19.3 Å². The fourth-order valence-electron chi connectivity index (χ4n) is 4.69. The van der Waals surface area contributed by atoms with Crippen molar-refractivity contribution in [1.29, 1.82) is 0 Å². The number of nitrogens with one attached hydrogen (secondary N) is 1. The molecule has 6 nitrogen and oxygen atoms in total. The van der Waals surface area contributed by atoms with E-state index in [4.69, 9.17) is 4.74 Å². The minimum atomic E-state index is -3.28. The van der Waals surface area contributed by atoms with Crippen LogP contribution in [0.25, 0.3) is 11.1 Å². The van der Waals surface area contributed by atoms with Crippen LogP contribution in [-0.4, -0.2) is 38.8 Å². The van der Waals surface area contributed by atoms with Crippen molar-refractivity contribution >= 4 is 16.1 Å². The van der Waals surface area contributed by atoms with Gasteiger partial charge in [-0.25, -0.2) is 22.3 Å². The third kappa shape index (κ3) is 6.12. The molecule has 0 bridgehead atoms. The number of carbonyl (C=O) groups is 1. The van der Waals surface area contributed by atoms with Gasteiger partial charge in [-0.15, -0.1) is 0 Å². The summed E-state index contributed by atoms with van der Waals surface area (Å²) in [5, 5.41) is 0. The quantitative estimate of drug-likeness (QED) is 0.379. The highest BCUT2D eigenvalue weighted by atomic mass is 32.2. The van der Waals surface area contributed by atoms with Crippen molar-refractivity contribution in [2.45, 2.75) is 37.8 Å². The SMILES string of the molecule is C[C@@H](c1ccc(-c2ccc(F)cc2)cc1)N1CC[C@@](CCCNS(C)(=O)=O)(c2ccccc2)OC1=O. The molecular formula is C28H31FN2O4S. The number of cyclic esters (lactones) is 1. The van der Waals surface area contributed by atoms with E-state index in [0.29, 0.717) is 25.8 Å². The van der Waals surface area contributed by atoms with Gasteiger partial charge in [0.25, 0.3) is 0 Å². The van der Waals surface area contributed by atoms with Gasteiger partial charge in [-0.2, -0.15) is 0 Å². The number of hydrogen-bond donors (Lipinski definition) is 1. The first-order valence-electron chi connectivity index (χ1n) is 12.0. The maximum absolute atomic E-state index is 13.3. The Hall–Kier alpha value is -3.23. The summed E-state index contributed by atoms with van der Waals surface area (Å²) in [6, 6.07) is 23.7. The molecule has 4 rings (SSSR count). The zero-order chi connectivity index (χ0) is 25.8. The van der Waals surface area contributed by atoms with Gasteiger partial charge in [0.05, 0.1) is 12.3 Å². The molecule has 3 aromatic carbocycles. The average molecular weight is 511 g/mol. The largest absolute Gasteiger partial charge is 0.438 e. The summed E-state index contributed by atoms with van der Waals surface area (Å²) in [5.41, 5.74) is 2.97. The van der Waals surface area contributed by atoms with E-state index in [2.05, 4.69) is 4.72 Å². The van der Waals surface area contributed by atoms with Crippen LogP contribution in [0.4, 0.5) is 9.18 Å². The zero-order valence-corrected chi connectivity index (χ0v) is 21.3. The average Bonchev–Trinajstić information content (AvgIpc) is 2.87. The number of carbonyl (C=O) groups excluding carboxylic acids is 1. The molecule has 1 aliphatic rings. The van der Waals surface area contributed by atoms with Crippen molar-refractivity contribution < 1.29 is 22.3 Å². The highest BCUT2D eigenvalue weighted by molar-refractivity contribution is 7.88. The molecule has 1 fully saturated rings. The van der Waals surface area contributed by atoms with E-state index < -0.39 is 21.7 Å². The van der Waals surface area contributed by atoms with Crippen LogP contribution in [0.15, 0.2) is 78.9 Å². The van der Waals surface area contributed by atoms with E-state index in [1.165, 1.54) is 12.1 Å². The number of ether oxygens (including phenoxy) is 1. The lowest BCUT2D eigenvalue weighted by Crippen LogP contribution is -2.49. The molecule has 0 aromatic heterocycles. The first-order chi connectivity index (χ1) is 17.2.